The van der Waals surface area contributed by atoms with Gasteiger partial charge in [-0.05, 0) is 48.4 Å². The highest BCUT2D eigenvalue weighted by molar-refractivity contribution is 7.89. The lowest BCUT2D eigenvalue weighted by molar-refractivity contribution is -0.115. The standard InChI is InChI=1S/C21H19ClN2O4S/c1-14-10-17(24-20(25)11-15-6-3-2-4-7-15)13-19(29(23,26)27)21(14)28-18-9-5-8-16(22)12-18/h2-10,12-13H,11H2,1H3,(H,24,25)(H2,23,26,27). The van der Waals surface area contributed by atoms with Gasteiger partial charge in [-0.1, -0.05) is 48.0 Å². The molecule has 0 aliphatic heterocycles. The summed E-state index contributed by atoms with van der Waals surface area (Å²) in [6, 6.07) is 18.7. The van der Waals surface area contributed by atoms with Gasteiger partial charge in [0.1, 0.15) is 10.6 Å². The van der Waals surface area contributed by atoms with Crippen molar-refractivity contribution in [2.45, 2.75) is 18.2 Å². The van der Waals surface area contributed by atoms with Gasteiger partial charge in [-0.3, -0.25) is 4.79 Å². The number of amides is 1. The summed E-state index contributed by atoms with van der Waals surface area (Å²) >= 11 is 5.96. The first kappa shape index (κ1) is 20.9. The van der Waals surface area contributed by atoms with Crippen LogP contribution in [0.4, 0.5) is 5.69 Å². The Balaban J connectivity index is 1.90. The normalized spacial score (nSPS) is 11.1. The van der Waals surface area contributed by atoms with Crippen LogP contribution < -0.4 is 15.2 Å². The molecule has 3 rings (SSSR count). The fraction of sp³-hybridized carbons (Fsp3) is 0.0952. The number of primary sulfonamides is 1. The number of carbonyl (C=O) groups is 1. The lowest BCUT2D eigenvalue weighted by Gasteiger charge is -2.15. The lowest BCUT2D eigenvalue weighted by Crippen LogP contribution is -2.17. The minimum absolute atomic E-state index is 0.0795. The highest BCUT2D eigenvalue weighted by atomic mass is 35.5. The number of benzene rings is 3. The molecule has 0 saturated carbocycles. The summed E-state index contributed by atoms with van der Waals surface area (Å²) in [5.74, 6) is 0.168. The lowest BCUT2D eigenvalue weighted by atomic mass is 10.1. The Hall–Kier alpha value is -2.87. The molecule has 3 aromatic carbocycles. The van der Waals surface area contributed by atoms with Crippen molar-refractivity contribution in [3.63, 3.8) is 0 Å². The second kappa shape index (κ2) is 8.65. The summed E-state index contributed by atoms with van der Waals surface area (Å²) in [7, 11) is -4.11. The molecule has 0 saturated heterocycles. The van der Waals surface area contributed by atoms with Crippen molar-refractivity contribution in [1.82, 2.24) is 0 Å². The number of sulfonamides is 1. The summed E-state index contributed by atoms with van der Waals surface area (Å²) in [6.45, 7) is 1.67. The van der Waals surface area contributed by atoms with E-state index in [1.165, 1.54) is 6.07 Å². The maximum Gasteiger partial charge on any atom is 0.241 e. The number of nitrogens with one attached hydrogen (secondary N) is 1. The first-order chi connectivity index (χ1) is 13.7. The van der Waals surface area contributed by atoms with E-state index in [0.29, 0.717) is 22.0 Å². The van der Waals surface area contributed by atoms with E-state index >= 15 is 0 Å². The molecule has 0 unspecified atom stereocenters. The van der Waals surface area contributed by atoms with Gasteiger partial charge in [0.15, 0.2) is 5.75 Å². The molecule has 0 atom stereocenters. The van der Waals surface area contributed by atoms with Crippen molar-refractivity contribution >= 4 is 33.2 Å². The molecule has 0 aromatic heterocycles. The van der Waals surface area contributed by atoms with Gasteiger partial charge in [0.25, 0.3) is 0 Å². The molecule has 150 valence electrons. The molecule has 6 nitrogen and oxygen atoms in total. The first-order valence-electron chi connectivity index (χ1n) is 8.67. The quantitative estimate of drug-likeness (QED) is 0.610. The fourth-order valence-electron chi connectivity index (χ4n) is 2.79. The molecule has 0 radical (unpaired) electrons. The van der Waals surface area contributed by atoms with Crippen LogP contribution in [0.25, 0.3) is 0 Å². The van der Waals surface area contributed by atoms with Crippen LogP contribution in [0.3, 0.4) is 0 Å². The van der Waals surface area contributed by atoms with Crippen molar-refractivity contribution in [2.24, 2.45) is 5.14 Å². The Kier molecular flexibility index (Phi) is 6.22. The molecule has 0 fully saturated rings. The van der Waals surface area contributed by atoms with Gasteiger partial charge in [-0.25, -0.2) is 13.6 Å². The van der Waals surface area contributed by atoms with Crippen LogP contribution in [-0.4, -0.2) is 14.3 Å². The number of hydrogen-bond donors (Lipinski definition) is 2. The molecule has 8 heteroatoms. The molecule has 3 aromatic rings. The third-order valence-electron chi connectivity index (χ3n) is 4.05. The average molecular weight is 431 g/mol. The Morgan fingerprint density at radius 2 is 1.79 bits per heavy atom. The second-order valence-corrected chi connectivity index (χ2v) is 8.40. The number of halogens is 1. The minimum Gasteiger partial charge on any atom is -0.456 e. The maximum atomic E-state index is 12.3. The average Bonchev–Trinajstić information content (AvgIpc) is 2.63. The van der Waals surface area contributed by atoms with Gasteiger partial charge in [-0.15, -0.1) is 0 Å². The first-order valence-corrected chi connectivity index (χ1v) is 10.6. The molecule has 29 heavy (non-hydrogen) atoms. The molecule has 0 spiro atoms. The van der Waals surface area contributed by atoms with Gasteiger partial charge in [0, 0.05) is 10.7 Å². The zero-order chi connectivity index (χ0) is 21.0. The van der Waals surface area contributed by atoms with Crippen LogP contribution in [0, 0.1) is 6.92 Å². The van der Waals surface area contributed by atoms with Gasteiger partial charge in [-0.2, -0.15) is 0 Å². The van der Waals surface area contributed by atoms with E-state index in [1.807, 2.05) is 30.3 Å². The summed E-state index contributed by atoms with van der Waals surface area (Å²) < 4.78 is 30.0. The Bertz CT molecular complexity index is 1150. The van der Waals surface area contributed by atoms with Crippen molar-refractivity contribution in [2.75, 3.05) is 5.32 Å². The number of aryl methyl sites for hydroxylation is 1. The Morgan fingerprint density at radius 3 is 2.45 bits per heavy atom. The van der Waals surface area contributed by atoms with Crippen molar-refractivity contribution in [3.05, 3.63) is 82.9 Å². The summed E-state index contributed by atoms with van der Waals surface area (Å²) in [4.78, 5) is 12.1. The molecule has 3 N–H and O–H groups in total. The summed E-state index contributed by atoms with van der Waals surface area (Å²) in [6.07, 6.45) is 0.158. The Morgan fingerprint density at radius 1 is 1.07 bits per heavy atom. The minimum atomic E-state index is -4.11. The fourth-order valence-corrected chi connectivity index (χ4v) is 3.72. The topological polar surface area (TPSA) is 98.5 Å². The second-order valence-electron chi connectivity index (χ2n) is 6.44. The van der Waals surface area contributed by atoms with E-state index in [4.69, 9.17) is 21.5 Å². The van der Waals surface area contributed by atoms with Crippen LogP contribution >= 0.6 is 11.6 Å². The van der Waals surface area contributed by atoms with E-state index in [1.54, 1.807) is 37.3 Å². The molecular weight excluding hydrogens is 412 g/mol. The third kappa shape index (κ3) is 5.57. The van der Waals surface area contributed by atoms with Gasteiger partial charge in [0.2, 0.25) is 15.9 Å². The molecule has 0 heterocycles. The van der Waals surface area contributed by atoms with Gasteiger partial charge >= 0.3 is 0 Å². The van der Waals surface area contributed by atoms with E-state index < -0.39 is 10.0 Å². The van der Waals surface area contributed by atoms with Crippen LogP contribution in [0.2, 0.25) is 5.02 Å². The smallest absolute Gasteiger partial charge is 0.241 e. The summed E-state index contributed by atoms with van der Waals surface area (Å²) in [5, 5.41) is 8.54. The van der Waals surface area contributed by atoms with E-state index in [9.17, 15) is 13.2 Å². The highest BCUT2D eigenvalue weighted by Gasteiger charge is 2.20. The summed E-state index contributed by atoms with van der Waals surface area (Å²) in [5.41, 5.74) is 1.65. The van der Waals surface area contributed by atoms with Crippen LogP contribution in [0.5, 0.6) is 11.5 Å². The van der Waals surface area contributed by atoms with Crippen LogP contribution in [0.1, 0.15) is 11.1 Å². The maximum absolute atomic E-state index is 12.3. The number of anilines is 1. The number of rotatable bonds is 6. The molecule has 1 amide bonds. The molecular formula is C21H19ClN2O4S. The van der Waals surface area contributed by atoms with Crippen molar-refractivity contribution < 1.29 is 17.9 Å². The van der Waals surface area contributed by atoms with Gasteiger partial charge < -0.3 is 10.1 Å². The Labute approximate surface area is 174 Å². The monoisotopic (exact) mass is 430 g/mol. The molecule has 0 bridgehead atoms. The van der Waals surface area contributed by atoms with Crippen molar-refractivity contribution in [3.8, 4) is 11.5 Å². The van der Waals surface area contributed by atoms with E-state index in [0.717, 1.165) is 5.56 Å². The predicted octanol–water partition coefficient (Wildman–Crippen LogP) is 4.27. The third-order valence-corrected chi connectivity index (χ3v) is 5.21. The zero-order valence-corrected chi connectivity index (χ0v) is 17.1. The zero-order valence-electron chi connectivity index (χ0n) is 15.6. The highest BCUT2D eigenvalue weighted by Crippen LogP contribution is 2.35. The van der Waals surface area contributed by atoms with E-state index in [-0.39, 0.29) is 23.0 Å². The van der Waals surface area contributed by atoms with Gasteiger partial charge in [0.05, 0.1) is 6.42 Å². The van der Waals surface area contributed by atoms with Crippen LogP contribution in [-0.2, 0) is 21.2 Å². The van der Waals surface area contributed by atoms with Crippen molar-refractivity contribution in [1.29, 1.82) is 0 Å². The number of carbonyl (C=O) groups excluding carboxylic acids is 1. The number of hydrogen-bond acceptors (Lipinski definition) is 4. The molecule has 0 aliphatic carbocycles. The van der Waals surface area contributed by atoms with E-state index in [2.05, 4.69) is 5.32 Å². The number of nitrogens with two attached hydrogens (primary N) is 1. The largest absolute Gasteiger partial charge is 0.456 e. The molecule has 0 aliphatic rings. The van der Waals surface area contributed by atoms with Crippen LogP contribution in [0.15, 0.2) is 71.6 Å². The number of ether oxygens (including phenoxy) is 1. The predicted molar refractivity (Wildman–Crippen MR) is 113 cm³/mol. The SMILES string of the molecule is Cc1cc(NC(=O)Cc2ccccc2)cc(S(N)(=O)=O)c1Oc1cccc(Cl)c1.